The number of nitro groups is 2. The molecule has 18 nitrogen and oxygen atoms in total. The first kappa shape index (κ1) is 50.6. The third kappa shape index (κ3) is 11.1. The lowest BCUT2D eigenvalue weighted by molar-refractivity contribution is -0.385. The molecule has 0 aliphatic rings. The normalized spacial score (nSPS) is 11.5. The van der Waals surface area contributed by atoms with Crippen LogP contribution >= 0.6 is 0 Å². The number of non-ortho nitro benzene ring substituents is 2. The van der Waals surface area contributed by atoms with Crippen LogP contribution in [0.4, 0.5) is 45.5 Å². The Labute approximate surface area is 408 Å². The van der Waals surface area contributed by atoms with Crippen molar-refractivity contribution in [3.05, 3.63) is 209 Å². The van der Waals surface area contributed by atoms with Crippen LogP contribution in [-0.4, -0.2) is 47.6 Å². The zero-order chi connectivity index (χ0) is 51.7. The average Bonchev–Trinajstić information content (AvgIpc) is 3.32. The van der Waals surface area contributed by atoms with Crippen LogP contribution in [0.1, 0.15) is 76.7 Å². The summed E-state index contributed by atoms with van der Waals surface area (Å²) < 4.78 is 70.6. The smallest absolute Gasteiger partial charge is 0.294 e. The third-order valence-corrected chi connectivity index (χ3v) is 13.8. The molecule has 0 heterocycles. The summed E-state index contributed by atoms with van der Waals surface area (Å²) in [6.45, 7) is 11.1. The van der Waals surface area contributed by atoms with Crippen LogP contribution in [-0.2, 0) is 20.2 Å². The molecule has 0 aliphatic carbocycles. The highest BCUT2D eigenvalue weighted by atomic mass is 32.2. The topological polar surface area (TPSA) is 277 Å². The number of nitrogens with zero attached hydrogens (tertiary/aromatic N) is 2. The lowest BCUT2D eigenvalue weighted by Crippen LogP contribution is -2.15. The van der Waals surface area contributed by atoms with E-state index in [-0.39, 0.29) is 28.1 Å². The lowest BCUT2D eigenvalue weighted by atomic mass is 9.85. The third-order valence-electron chi connectivity index (χ3n) is 12.0. The van der Waals surface area contributed by atoms with Crippen molar-refractivity contribution in [3.63, 3.8) is 0 Å². The zero-order valence-electron chi connectivity index (χ0n) is 38.9. The van der Waals surface area contributed by atoms with Crippen molar-refractivity contribution < 1.29 is 45.4 Å². The Hall–Kier alpha value is -8.30. The number of nitro benzene ring substituents is 2. The minimum absolute atomic E-state index is 0.00132. The number of aryl methyl sites for hydroxylation is 4. The van der Waals surface area contributed by atoms with Crippen molar-refractivity contribution in [1.29, 1.82) is 0 Å². The van der Waals surface area contributed by atoms with Crippen LogP contribution in [0.5, 0.6) is 0 Å². The van der Waals surface area contributed by atoms with Crippen molar-refractivity contribution in [2.75, 3.05) is 21.3 Å². The van der Waals surface area contributed by atoms with E-state index in [2.05, 4.69) is 21.3 Å². The highest BCUT2D eigenvalue weighted by Gasteiger charge is 2.28. The summed E-state index contributed by atoms with van der Waals surface area (Å²) in [5.74, 6) is -1.88. The number of benzene rings is 7. The van der Waals surface area contributed by atoms with Crippen LogP contribution in [0.2, 0.25) is 0 Å². The molecule has 0 saturated heterocycles. The number of carbonyl (C=O) groups excluding carboxylic acids is 2. The standard InChI is InChI=1S/C51H46N6O12S2/c1-28-25-30(3)48(54-50(58)36-11-19-40(20-12-36)56(60)61)32(5)46(28)52-38-15-7-34(8-16-38)45(43-24-23-42(70(64,65)66)27-44(43)71(67,68)69)35-9-17-39(18-10-35)53-47-29(2)26-31(4)49(33(47)6)55-51(59)37-13-21-41(22-14-37)57(62)63/h7-27,45,52-53H,1-6H3,(H,54,58)(H,55,59)(H,64,65,66)(H,67,68,69). The Balaban J connectivity index is 1.21. The number of hydrogen-bond donors (Lipinski definition) is 6. The van der Waals surface area contributed by atoms with Gasteiger partial charge in [-0.1, -0.05) is 42.5 Å². The molecule has 2 amide bonds. The molecule has 7 aromatic carbocycles. The van der Waals surface area contributed by atoms with Crippen molar-refractivity contribution in [2.45, 2.75) is 57.3 Å². The Kier molecular flexibility index (Phi) is 14.2. The van der Waals surface area contributed by atoms with Gasteiger partial charge in [-0.3, -0.25) is 38.9 Å². The van der Waals surface area contributed by atoms with Gasteiger partial charge in [-0.2, -0.15) is 16.8 Å². The van der Waals surface area contributed by atoms with Crippen LogP contribution in [0.3, 0.4) is 0 Å². The molecule has 0 aliphatic heterocycles. The molecule has 7 aromatic rings. The molecule has 6 N–H and O–H groups in total. The van der Waals surface area contributed by atoms with Gasteiger partial charge in [-0.15, -0.1) is 0 Å². The largest absolute Gasteiger partial charge is 0.355 e. The number of anilines is 6. The number of carbonyl (C=O) groups is 2. The molecule has 0 unspecified atom stereocenters. The van der Waals surface area contributed by atoms with E-state index in [1.54, 1.807) is 48.5 Å². The van der Waals surface area contributed by atoms with Gasteiger partial charge in [0.1, 0.15) is 0 Å². The fourth-order valence-electron chi connectivity index (χ4n) is 8.48. The Bertz CT molecular complexity index is 3330. The van der Waals surface area contributed by atoms with Crippen molar-refractivity contribution >= 4 is 77.5 Å². The summed E-state index contributed by atoms with van der Waals surface area (Å²) in [6.07, 6.45) is 0. The Morgan fingerprint density at radius 3 is 1.20 bits per heavy atom. The van der Waals surface area contributed by atoms with E-state index < -0.39 is 57.6 Å². The maximum Gasteiger partial charge on any atom is 0.294 e. The SMILES string of the molecule is Cc1cc(C)c(Nc2ccc(C(c3ccc(Nc4c(C)cc(C)c(NC(=O)c5ccc([N+](=O)[O-])cc5)c4C)cc3)c3ccc(S(=O)(=O)O)cc3S(=O)(=O)O)cc2)c(C)c1NC(=O)c1ccc([N+](=O)[O-])cc1. The second-order valence-electron chi connectivity index (χ2n) is 16.9. The summed E-state index contributed by atoms with van der Waals surface area (Å²) in [6, 6.07) is 31.1. The van der Waals surface area contributed by atoms with Crippen LogP contribution < -0.4 is 21.3 Å². The highest BCUT2D eigenvalue weighted by molar-refractivity contribution is 7.86. The van der Waals surface area contributed by atoms with Crippen molar-refractivity contribution in [3.8, 4) is 0 Å². The molecule has 0 bridgehead atoms. The molecular formula is C51H46N6O12S2. The van der Waals surface area contributed by atoms with Gasteiger partial charge in [0.2, 0.25) is 0 Å². The minimum Gasteiger partial charge on any atom is -0.355 e. The summed E-state index contributed by atoms with van der Waals surface area (Å²) in [5, 5.41) is 34.9. The van der Waals surface area contributed by atoms with Gasteiger partial charge < -0.3 is 21.3 Å². The molecule has 0 atom stereocenters. The first-order valence-corrected chi connectivity index (χ1v) is 24.5. The Morgan fingerprint density at radius 1 is 0.493 bits per heavy atom. The van der Waals surface area contributed by atoms with Gasteiger partial charge in [-0.25, -0.2) is 0 Å². The second kappa shape index (κ2) is 20.0. The molecule has 0 saturated carbocycles. The van der Waals surface area contributed by atoms with E-state index in [0.717, 1.165) is 28.3 Å². The first-order valence-electron chi connectivity index (χ1n) is 21.6. The van der Waals surface area contributed by atoms with E-state index in [1.165, 1.54) is 54.6 Å². The predicted octanol–water partition coefficient (Wildman–Crippen LogP) is 11.0. The first-order chi connectivity index (χ1) is 33.4. The fraction of sp³-hybridized carbons (Fsp3) is 0.137. The van der Waals surface area contributed by atoms with E-state index in [1.807, 2.05) is 53.7 Å². The van der Waals surface area contributed by atoms with Gasteiger partial charge in [0.05, 0.1) is 19.6 Å². The van der Waals surface area contributed by atoms with Gasteiger partial charge in [0.15, 0.2) is 0 Å². The number of rotatable bonds is 15. The van der Waals surface area contributed by atoms with Gasteiger partial charge in [0.25, 0.3) is 43.4 Å². The van der Waals surface area contributed by atoms with Crippen LogP contribution in [0.25, 0.3) is 0 Å². The van der Waals surface area contributed by atoms with E-state index in [4.69, 9.17) is 0 Å². The lowest BCUT2D eigenvalue weighted by Gasteiger charge is -2.23. The molecule has 0 aromatic heterocycles. The summed E-state index contributed by atoms with van der Waals surface area (Å²) in [5.41, 5.74) is 9.43. The molecule has 71 heavy (non-hydrogen) atoms. The van der Waals surface area contributed by atoms with Crippen LogP contribution in [0, 0.1) is 61.8 Å². The molecule has 0 fully saturated rings. The van der Waals surface area contributed by atoms with E-state index in [9.17, 15) is 55.8 Å². The Morgan fingerprint density at radius 2 is 0.859 bits per heavy atom. The quantitative estimate of drug-likeness (QED) is 0.0241. The maximum absolute atomic E-state index is 13.3. The number of hydrogen-bond acceptors (Lipinski definition) is 12. The minimum atomic E-state index is -5.09. The number of nitrogens with one attached hydrogen (secondary N) is 4. The van der Waals surface area contributed by atoms with Gasteiger partial charge >= 0.3 is 0 Å². The van der Waals surface area contributed by atoms with Crippen LogP contribution in [0.15, 0.2) is 137 Å². The van der Waals surface area contributed by atoms with Gasteiger partial charge in [0, 0.05) is 75.4 Å². The summed E-state index contributed by atoms with van der Waals surface area (Å²) >= 11 is 0. The van der Waals surface area contributed by atoms with Crippen molar-refractivity contribution in [1.82, 2.24) is 0 Å². The molecule has 0 radical (unpaired) electrons. The second-order valence-corrected chi connectivity index (χ2v) is 19.7. The fourth-order valence-corrected chi connectivity index (χ4v) is 9.82. The molecule has 7 rings (SSSR count). The molecule has 364 valence electrons. The molecular weight excluding hydrogens is 953 g/mol. The monoisotopic (exact) mass is 998 g/mol. The summed E-state index contributed by atoms with van der Waals surface area (Å²) in [7, 11) is -9.98. The average molecular weight is 999 g/mol. The van der Waals surface area contributed by atoms with E-state index in [0.29, 0.717) is 62.4 Å². The van der Waals surface area contributed by atoms with Gasteiger partial charge in [-0.05, 0) is 152 Å². The highest BCUT2D eigenvalue weighted by Crippen LogP contribution is 2.40. The number of amides is 2. The summed E-state index contributed by atoms with van der Waals surface area (Å²) in [4.78, 5) is 46.2. The maximum atomic E-state index is 13.3. The zero-order valence-corrected chi connectivity index (χ0v) is 40.5. The van der Waals surface area contributed by atoms with E-state index >= 15 is 0 Å². The van der Waals surface area contributed by atoms with Crippen molar-refractivity contribution in [2.24, 2.45) is 0 Å². The predicted molar refractivity (Wildman–Crippen MR) is 270 cm³/mol. The molecule has 0 spiro atoms. The molecule has 20 heteroatoms.